The third kappa shape index (κ3) is 7030. The second-order valence-corrected chi connectivity index (χ2v) is 0.900. The number of hydrogen-bond donors (Lipinski definition) is 0. The molecule has 0 aliphatic rings. The summed E-state index contributed by atoms with van der Waals surface area (Å²) in [5, 5.41) is 8.89. The molecule has 0 amide bonds. The van der Waals surface area contributed by atoms with Crippen molar-refractivity contribution in [2.75, 3.05) is 0 Å². The molecule has 0 aliphatic carbocycles. The summed E-state index contributed by atoms with van der Waals surface area (Å²) < 4.78 is 33.2. The molecule has 13 heavy (non-hydrogen) atoms. The zero-order chi connectivity index (χ0) is 8.99. The molecule has 0 heterocycles. The van der Waals surface area contributed by atoms with Gasteiger partial charge in [-0.15, -0.1) is 0 Å². The summed E-state index contributed by atoms with van der Waals surface area (Å²) in [6, 6.07) is 0. The summed E-state index contributed by atoms with van der Waals surface area (Å²) in [6.45, 7) is 0.972. The first-order chi connectivity index (χ1) is 4.56. The summed E-state index contributed by atoms with van der Waals surface area (Å²) in [6.07, 6.45) is 0. The van der Waals surface area contributed by atoms with Crippen molar-refractivity contribution in [1.29, 1.82) is 0 Å². The SMILES string of the molecule is CC(=O)[O-].O=S=O.O=S=O.[Cl-].[Cu+].[Cu+]. The van der Waals surface area contributed by atoms with Crippen molar-refractivity contribution in [3.05, 3.63) is 0 Å². The van der Waals surface area contributed by atoms with E-state index in [0.717, 1.165) is 6.92 Å². The van der Waals surface area contributed by atoms with Gasteiger partial charge in [0, 0.05) is 5.97 Å². The zero-order valence-corrected chi connectivity index (χ0v) is 10.0. The van der Waals surface area contributed by atoms with Gasteiger partial charge in [-0.3, -0.25) is 0 Å². The average molecular weight is 350 g/mol. The summed E-state index contributed by atoms with van der Waals surface area (Å²) in [7, 11) is 0. The summed E-state index contributed by atoms with van der Waals surface area (Å²) in [5.74, 6) is -1.08. The first kappa shape index (κ1) is 37.6. The average Bonchev–Trinajstić information content (AvgIpc) is 1.65. The van der Waals surface area contributed by atoms with Crippen LogP contribution in [0.2, 0.25) is 0 Å². The Morgan fingerprint density at radius 1 is 1.00 bits per heavy atom. The van der Waals surface area contributed by atoms with Gasteiger partial charge < -0.3 is 22.3 Å². The molecule has 0 fully saturated rings. The van der Waals surface area contributed by atoms with E-state index < -0.39 is 29.1 Å². The molecule has 0 bridgehead atoms. The number of carboxylic acids is 1. The first-order valence-electron chi connectivity index (χ1n) is 1.57. The Balaban J connectivity index is -0.0000000128. The van der Waals surface area contributed by atoms with Crippen LogP contribution in [0.1, 0.15) is 6.92 Å². The molecule has 0 aromatic rings. The van der Waals surface area contributed by atoms with Gasteiger partial charge in [0.2, 0.25) is 0 Å². The summed E-state index contributed by atoms with van der Waals surface area (Å²) in [4.78, 5) is 8.89. The molecular formula is C2H3ClCu2O6S2. The van der Waals surface area contributed by atoms with E-state index >= 15 is 0 Å². The molecule has 0 unspecified atom stereocenters. The molecule has 0 aliphatic heterocycles. The Kier molecular flexibility index (Phi) is 159. The van der Waals surface area contributed by atoms with Gasteiger partial charge in [0.1, 0.15) is 0 Å². The number of carboxylic acid groups (broad SMARTS) is 1. The van der Waals surface area contributed by atoms with Crippen LogP contribution >= 0.6 is 0 Å². The quantitative estimate of drug-likeness (QED) is 0.403. The van der Waals surface area contributed by atoms with E-state index in [9.17, 15) is 0 Å². The molecule has 11 heteroatoms. The Hall–Kier alpha value is 0.439. The van der Waals surface area contributed by atoms with Crippen molar-refractivity contribution in [3.63, 3.8) is 0 Å². The van der Waals surface area contributed by atoms with Crippen LogP contribution < -0.4 is 17.5 Å². The van der Waals surface area contributed by atoms with Crippen molar-refractivity contribution in [2.24, 2.45) is 0 Å². The van der Waals surface area contributed by atoms with Crippen molar-refractivity contribution in [1.82, 2.24) is 0 Å². The fourth-order valence-electron chi connectivity index (χ4n) is 0. The monoisotopic (exact) mass is 348 g/mol. The van der Waals surface area contributed by atoms with E-state index in [0.29, 0.717) is 0 Å². The Morgan fingerprint density at radius 2 is 1.00 bits per heavy atom. The molecule has 0 aromatic heterocycles. The minimum Gasteiger partial charge on any atom is -1.00 e. The first-order valence-corrected chi connectivity index (χ1v) is 2.91. The smallest absolute Gasteiger partial charge is 1.00 e. The minimum absolute atomic E-state index is 0. The van der Waals surface area contributed by atoms with Crippen molar-refractivity contribution in [3.8, 4) is 0 Å². The van der Waals surface area contributed by atoms with Gasteiger partial charge in [-0.1, -0.05) is 0 Å². The van der Waals surface area contributed by atoms with E-state index in [1.807, 2.05) is 0 Å². The molecule has 88 valence electrons. The number of carbonyl (C=O) groups excluding carboxylic acids is 1. The molecule has 0 saturated heterocycles. The number of rotatable bonds is 0. The maximum atomic E-state index is 8.89. The van der Waals surface area contributed by atoms with Gasteiger partial charge in [0.05, 0.1) is 0 Å². The van der Waals surface area contributed by atoms with Crippen molar-refractivity contribution in [2.45, 2.75) is 6.92 Å². The van der Waals surface area contributed by atoms with Crippen LogP contribution in [0.3, 0.4) is 0 Å². The minimum atomic E-state index is -1.08. The van der Waals surface area contributed by atoms with Gasteiger partial charge >= 0.3 is 57.3 Å². The maximum absolute atomic E-state index is 8.89. The predicted octanol–water partition coefficient (Wildman–Crippen LogP) is -5.59. The van der Waals surface area contributed by atoms with E-state index in [-0.39, 0.29) is 46.5 Å². The van der Waals surface area contributed by atoms with Crippen LogP contribution in [-0.4, -0.2) is 22.8 Å². The van der Waals surface area contributed by atoms with E-state index in [2.05, 4.69) is 0 Å². The topological polar surface area (TPSA) is 108 Å². The van der Waals surface area contributed by atoms with E-state index in [1.165, 1.54) is 0 Å². The van der Waals surface area contributed by atoms with E-state index in [4.69, 9.17) is 26.7 Å². The van der Waals surface area contributed by atoms with E-state index in [1.54, 1.807) is 0 Å². The Morgan fingerprint density at radius 3 is 1.00 bits per heavy atom. The number of carbonyl (C=O) groups is 1. The Bertz CT molecular complexity index is 137. The van der Waals surface area contributed by atoms with Crippen LogP contribution in [0, 0.1) is 0 Å². The molecule has 6 nitrogen and oxygen atoms in total. The van der Waals surface area contributed by atoms with Crippen molar-refractivity contribution >= 4 is 29.1 Å². The molecule has 0 spiro atoms. The fraction of sp³-hybridized carbons (Fsp3) is 0.500. The third-order valence-corrected chi connectivity index (χ3v) is 0. The second kappa shape index (κ2) is 55.0. The predicted molar refractivity (Wildman–Crippen MR) is 28.5 cm³/mol. The fourth-order valence-corrected chi connectivity index (χ4v) is 0. The van der Waals surface area contributed by atoms with Crippen LogP contribution in [0.15, 0.2) is 0 Å². The van der Waals surface area contributed by atoms with Gasteiger partial charge in [-0.25, -0.2) is 0 Å². The van der Waals surface area contributed by atoms with Gasteiger partial charge in [-0.05, 0) is 6.92 Å². The van der Waals surface area contributed by atoms with Gasteiger partial charge in [0.15, 0.2) is 0 Å². The molecular weight excluding hydrogens is 347 g/mol. The third-order valence-electron chi connectivity index (χ3n) is 0. The number of hydrogen-bond acceptors (Lipinski definition) is 6. The zero-order valence-electron chi connectivity index (χ0n) is 5.75. The summed E-state index contributed by atoms with van der Waals surface area (Å²) >= 11 is -1.50. The van der Waals surface area contributed by atoms with Gasteiger partial charge in [0.25, 0.3) is 0 Å². The maximum Gasteiger partial charge on any atom is 1.00 e. The van der Waals surface area contributed by atoms with Crippen LogP contribution in [0.25, 0.3) is 0 Å². The largest absolute Gasteiger partial charge is 1.00 e. The molecule has 0 aromatic carbocycles. The Labute approximate surface area is 109 Å². The number of aliphatic carboxylic acids is 1. The van der Waals surface area contributed by atoms with Gasteiger partial charge in [-0.2, -0.15) is 16.8 Å². The normalized spacial score (nSPS) is 3.77. The molecule has 0 N–H and O–H groups in total. The number of halogens is 1. The summed E-state index contributed by atoms with van der Waals surface area (Å²) in [5.41, 5.74) is 0. The molecule has 0 atom stereocenters. The van der Waals surface area contributed by atoms with Crippen LogP contribution in [-0.2, 0) is 62.1 Å². The molecule has 0 saturated carbocycles. The molecule has 0 rings (SSSR count). The van der Waals surface area contributed by atoms with Crippen LogP contribution in [0.5, 0.6) is 0 Å². The van der Waals surface area contributed by atoms with Crippen LogP contribution in [0.4, 0.5) is 0 Å². The second-order valence-electron chi connectivity index (χ2n) is 0.628. The van der Waals surface area contributed by atoms with Crippen molar-refractivity contribution < 1.29 is 73.3 Å². The standard InChI is InChI=1S/C2H4O2.ClH.2Cu.2O2S/c1-2(3)4;;;;2*1-3-2/h1H3,(H,3,4);1H;;;;/q;;2*+1;;/p-2. The molecule has 0 radical (unpaired) electrons.